The zero-order valence-electron chi connectivity index (χ0n) is 11.8. The molecule has 0 amide bonds. The van der Waals surface area contributed by atoms with Crippen LogP contribution >= 0.6 is 0 Å². The van der Waals surface area contributed by atoms with E-state index in [-0.39, 0.29) is 17.5 Å². The summed E-state index contributed by atoms with van der Waals surface area (Å²) in [6.07, 6.45) is 1.20. The van der Waals surface area contributed by atoms with Gasteiger partial charge in [-0.05, 0) is 37.6 Å². The number of hydrogen-bond acceptors (Lipinski definition) is 4. The molecule has 0 aliphatic carbocycles. The first-order valence-corrected chi connectivity index (χ1v) is 7.09. The Morgan fingerprint density at radius 2 is 1.63 bits per heavy atom. The minimum absolute atomic E-state index is 0.131. The monoisotopic (exact) mass is 264 g/mol. The lowest BCUT2D eigenvalue weighted by molar-refractivity contribution is 0.102. The van der Waals surface area contributed by atoms with Crippen molar-refractivity contribution in [2.24, 2.45) is 0 Å². The first-order chi connectivity index (χ1) is 9.10. The van der Waals surface area contributed by atoms with E-state index in [9.17, 15) is 10.2 Å². The van der Waals surface area contributed by atoms with Gasteiger partial charge in [0.1, 0.15) is 11.5 Å². The van der Waals surface area contributed by atoms with Gasteiger partial charge in [-0.2, -0.15) is 0 Å². The molecule has 0 bridgehead atoms. The van der Waals surface area contributed by atoms with E-state index in [1.807, 2.05) is 0 Å². The molecule has 4 heteroatoms. The summed E-state index contributed by atoms with van der Waals surface area (Å²) in [7, 11) is 0. The lowest BCUT2D eigenvalue weighted by Gasteiger charge is -2.38. The van der Waals surface area contributed by atoms with E-state index in [1.54, 1.807) is 12.1 Å². The molecule has 1 saturated heterocycles. The molecule has 2 rings (SSSR count). The van der Waals surface area contributed by atoms with E-state index in [0.717, 1.165) is 31.7 Å². The lowest BCUT2D eigenvalue weighted by Crippen LogP contribution is -2.47. The molecule has 1 aliphatic heterocycles. The zero-order chi connectivity index (χ0) is 13.8. The summed E-state index contributed by atoms with van der Waals surface area (Å²) in [6.45, 7) is 9.80. The molecule has 4 nitrogen and oxygen atoms in total. The first-order valence-electron chi connectivity index (χ1n) is 7.09. The van der Waals surface area contributed by atoms with Crippen LogP contribution in [0.2, 0.25) is 0 Å². The average molecular weight is 264 g/mol. The van der Waals surface area contributed by atoms with Crippen LogP contribution in [0.25, 0.3) is 0 Å². The van der Waals surface area contributed by atoms with Crippen molar-refractivity contribution < 1.29 is 10.2 Å². The predicted molar refractivity (Wildman–Crippen MR) is 76.5 cm³/mol. The average Bonchev–Trinajstić information content (AvgIpc) is 2.38. The van der Waals surface area contributed by atoms with E-state index >= 15 is 0 Å². The minimum atomic E-state index is 0.131. The van der Waals surface area contributed by atoms with Crippen LogP contribution in [0.15, 0.2) is 18.2 Å². The fourth-order valence-electron chi connectivity index (χ4n) is 2.76. The normalized spacial score (nSPS) is 19.5. The largest absolute Gasteiger partial charge is 0.508 e. The molecule has 0 saturated carbocycles. The number of rotatable bonds is 4. The summed E-state index contributed by atoms with van der Waals surface area (Å²) in [5.41, 5.74) is 0.974. The number of nitrogens with zero attached hydrogens (tertiary/aromatic N) is 2. The van der Waals surface area contributed by atoms with Crippen LogP contribution in [-0.2, 0) is 0 Å². The molecule has 19 heavy (non-hydrogen) atoms. The van der Waals surface area contributed by atoms with Crippen molar-refractivity contribution in [3.8, 4) is 11.5 Å². The van der Waals surface area contributed by atoms with Crippen molar-refractivity contribution in [1.82, 2.24) is 9.80 Å². The second-order valence-corrected chi connectivity index (χ2v) is 5.34. The molecule has 1 atom stereocenters. The number of phenols is 2. The summed E-state index contributed by atoms with van der Waals surface area (Å²) in [5.74, 6) is 0.262. The number of aromatic hydroxyl groups is 2. The first kappa shape index (κ1) is 14.2. The van der Waals surface area contributed by atoms with Gasteiger partial charge in [-0.15, -0.1) is 0 Å². The van der Waals surface area contributed by atoms with Gasteiger partial charge in [-0.25, -0.2) is 0 Å². The summed E-state index contributed by atoms with van der Waals surface area (Å²) in [6, 6.07) is 5.07. The molecule has 0 spiro atoms. The van der Waals surface area contributed by atoms with E-state index in [0.29, 0.717) is 0 Å². The molecular weight excluding hydrogens is 240 g/mol. The maximum atomic E-state index is 9.57. The van der Waals surface area contributed by atoms with Gasteiger partial charge in [-0.1, -0.05) is 6.92 Å². The van der Waals surface area contributed by atoms with Gasteiger partial charge in [0.05, 0.1) is 0 Å². The molecule has 1 heterocycles. The highest BCUT2D eigenvalue weighted by molar-refractivity contribution is 5.38. The van der Waals surface area contributed by atoms with Gasteiger partial charge < -0.3 is 15.1 Å². The van der Waals surface area contributed by atoms with Gasteiger partial charge >= 0.3 is 0 Å². The quantitative estimate of drug-likeness (QED) is 0.875. The molecule has 0 aromatic heterocycles. The predicted octanol–water partition coefficient (Wildman–Crippen LogP) is 2.19. The maximum absolute atomic E-state index is 9.57. The molecule has 106 valence electrons. The highest BCUT2D eigenvalue weighted by atomic mass is 16.3. The van der Waals surface area contributed by atoms with Gasteiger partial charge in [-0.3, -0.25) is 4.90 Å². The van der Waals surface area contributed by atoms with Crippen molar-refractivity contribution in [1.29, 1.82) is 0 Å². The molecule has 2 N–H and O–H groups in total. The van der Waals surface area contributed by atoms with E-state index < -0.39 is 0 Å². The highest BCUT2D eigenvalue weighted by Crippen LogP contribution is 2.28. The number of piperazine rings is 1. The summed E-state index contributed by atoms with van der Waals surface area (Å²) in [5, 5.41) is 19.1. The van der Waals surface area contributed by atoms with Crippen molar-refractivity contribution in [2.75, 3.05) is 32.7 Å². The Morgan fingerprint density at radius 1 is 1.05 bits per heavy atom. The van der Waals surface area contributed by atoms with Crippen LogP contribution < -0.4 is 0 Å². The second-order valence-electron chi connectivity index (χ2n) is 5.34. The Kier molecular flexibility index (Phi) is 4.66. The zero-order valence-corrected chi connectivity index (χ0v) is 11.8. The van der Waals surface area contributed by atoms with Crippen molar-refractivity contribution in [2.45, 2.75) is 26.3 Å². The van der Waals surface area contributed by atoms with Gasteiger partial charge in [0.2, 0.25) is 0 Å². The molecule has 1 fully saturated rings. The maximum Gasteiger partial charge on any atom is 0.119 e. The van der Waals surface area contributed by atoms with Crippen LogP contribution in [0.3, 0.4) is 0 Å². The molecule has 1 aromatic carbocycles. The standard InChI is InChI=1S/C15H24N2O2/c1-3-4-16-5-7-17(8-6-16)12(2)13-9-14(18)11-15(19)10-13/h9-12,18-19H,3-8H2,1-2H3. The van der Waals surface area contributed by atoms with Crippen LogP contribution in [0, 0.1) is 0 Å². The molecular formula is C15H24N2O2. The van der Waals surface area contributed by atoms with Crippen molar-refractivity contribution in [3.05, 3.63) is 23.8 Å². The number of hydrogen-bond donors (Lipinski definition) is 2. The Hall–Kier alpha value is -1.26. The Labute approximate surface area is 115 Å². The Balaban J connectivity index is 1.98. The third-order valence-corrected chi connectivity index (χ3v) is 3.90. The molecule has 1 aromatic rings. The molecule has 0 radical (unpaired) electrons. The van der Waals surface area contributed by atoms with Crippen LogP contribution in [0.4, 0.5) is 0 Å². The Morgan fingerprint density at radius 3 is 2.16 bits per heavy atom. The molecule has 1 unspecified atom stereocenters. The topological polar surface area (TPSA) is 46.9 Å². The van der Waals surface area contributed by atoms with E-state index in [4.69, 9.17) is 0 Å². The Bertz CT molecular complexity index is 394. The van der Waals surface area contributed by atoms with Gasteiger partial charge in [0, 0.05) is 38.3 Å². The van der Waals surface area contributed by atoms with Gasteiger partial charge in [0.25, 0.3) is 0 Å². The second kappa shape index (κ2) is 6.26. The van der Waals surface area contributed by atoms with Crippen molar-refractivity contribution >= 4 is 0 Å². The van der Waals surface area contributed by atoms with Crippen LogP contribution in [-0.4, -0.2) is 52.7 Å². The van der Waals surface area contributed by atoms with E-state index in [2.05, 4.69) is 23.6 Å². The highest BCUT2D eigenvalue weighted by Gasteiger charge is 2.22. The van der Waals surface area contributed by atoms with Crippen LogP contribution in [0.1, 0.15) is 31.9 Å². The fourth-order valence-corrected chi connectivity index (χ4v) is 2.76. The van der Waals surface area contributed by atoms with Gasteiger partial charge in [0.15, 0.2) is 0 Å². The number of phenolic OH excluding ortho intramolecular Hbond substituents is 2. The number of benzene rings is 1. The third-order valence-electron chi connectivity index (χ3n) is 3.90. The fraction of sp³-hybridized carbons (Fsp3) is 0.600. The smallest absolute Gasteiger partial charge is 0.119 e. The summed E-state index contributed by atoms with van der Waals surface area (Å²) >= 11 is 0. The van der Waals surface area contributed by atoms with Crippen LogP contribution in [0.5, 0.6) is 11.5 Å². The van der Waals surface area contributed by atoms with Crippen molar-refractivity contribution in [3.63, 3.8) is 0 Å². The summed E-state index contributed by atoms with van der Waals surface area (Å²) < 4.78 is 0. The lowest BCUT2D eigenvalue weighted by atomic mass is 10.1. The molecule has 1 aliphatic rings. The minimum Gasteiger partial charge on any atom is -0.508 e. The SMILES string of the molecule is CCCN1CCN(C(C)c2cc(O)cc(O)c2)CC1. The third kappa shape index (κ3) is 3.61. The van der Waals surface area contributed by atoms with E-state index in [1.165, 1.54) is 19.0 Å². The summed E-state index contributed by atoms with van der Waals surface area (Å²) in [4.78, 5) is 4.89.